The summed E-state index contributed by atoms with van der Waals surface area (Å²) >= 11 is 1.66. The summed E-state index contributed by atoms with van der Waals surface area (Å²) in [4.78, 5) is 16.6. The number of amides is 1. The maximum Gasteiger partial charge on any atom is 0.228 e. The predicted molar refractivity (Wildman–Crippen MR) is 92.5 cm³/mol. The summed E-state index contributed by atoms with van der Waals surface area (Å²) in [5.74, 6) is -0.00412. The van der Waals surface area contributed by atoms with Crippen molar-refractivity contribution < 1.29 is 4.79 Å². The minimum atomic E-state index is -0.00412. The van der Waals surface area contributed by atoms with E-state index in [4.69, 9.17) is 0 Å². The van der Waals surface area contributed by atoms with E-state index in [9.17, 15) is 4.79 Å². The maximum absolute atomic E-state index is 12.1. The van der Waals surface area contributed by atoms with E-state index >= 15 is 0 Å². The number of nitrogens with zero attached hydrogens (tertiary/aromatic N) is 1. The van der Waals surface area contributed by atoms with Crippen LogP contribution in [-0.2, 0) is 17.6 Å². The number of nitrogens with one attached hydrogen (secondary N) is 1. The van der Waals surface area contributed by atoms with Gasteiger partial charge in [0.25, 0.3) is 0 Å². The van der Waals surface area contributed by atoms with Crippen LogP contribution in [-0.4, -0.2) is 10.9 Å². The van der Waals surface area contributed by atoms with Crippen molar-refractivity contribution in [2.45, 2.75) is 26.7 Å². The molecular weight excluding hydrogens is 292 g/mol. The Morgan fingerprint density at radius 1 is 1.14 bits per heavy atom. The zero-order valence-corrected chi connectivity index (χ0v) is 13.5. The Bertz CT molecular complexity index is 806. The van der Waals surface area contributed by atoms with Crippen LogP contribution >= 0.6 is 11.3 Å². The van der Waals surface area contributed by atoms with Gasteiger partial charge in [-0.15, -0.1) is 11.3 Å². The third-order valence-electron chi connectivity index (χ3n) is 3.57. The number of rotatable bonds is 4. The normalized spacial score (nSPS) is 10.8. The molecule has 0 saturated heterocycles. The standard InChI is InChI=1S/C18H18N2OS/c1-3-13-4-6-14(7-5-13)10-18(21)20-15-8-9-17-16(11-15)19-12(2)22-17/h4-9,11H,3,10H2,1-2H3,(H,20,21). The smallest absolute Gasteiger partial charge is 0.228 e. The van der Waals surface area contributed by atoms with Crippen LogP contribution in [0.25, 0.3) is 10.2 Å². The van der Waals surface area contributed by atoms with Gasteiger partial charge in [0.2, 0.25) is 5.91 Å². The third-order valence-corrected chi connectivity index (χ3v) is 4.53. The number of benzene rings is 2. The minimum absolute atomic E-state index is 0.00412. The second-order valence-corrected chi connectivity index (χ2v) is 6.55. The molecule has 2 aromatic carbocycles. The molecule has 0 fully saturated rings. The lowest BCUT2D eigenvalue weighted by Gasteiger charge is -2.06. The van der Waals surface area contributed by atoms with Crippen LogP contribution in [0.15, 0.2) is 42.5 Å². The van der Waals surface area contributed by atoms with E-state index in [0.717, 1.165) is 32.9 Å². The Labute approximate surface area is 134 Å². The first-order chi connectivity index (χ1) is 10.6. The van der Waals surface area contributed by atoms with E-state index in [0.29, 0.717) is 6.42 Å². The first kappa shape index (κ1) is 14.7. The number of carbonyl (C=O) groups is 1. The van der Waals surface area contributed by atoms with Crippen molar-refractivity contribution in [1.29, 1.82) is 0 Å². The highest BCUT2D eigenvalue weighted by Gasteiger charge is 2.06. The SMILES string of the molecule is CCc1ccc(CC(=O)Nc2ccc3sc(C)nc3c2)cc1. The summed E-state index contributed by atoms with van der Waals surface area (Å²) in [6.07, 6.45) is 1.40. The molecule has 112 valence electrons. The van der Waals surface area contributed by atoms with E-state index < -0.39 is 0 Å². The highest BCUT2D eigenvalue weighted by molar-refractivity contribution is 7.18. The zero-order valence-electron chi connectivity index (χ0n) is 12.7. The van der Waals surface area contributed by atoms with Gasteiger partial charge in [0.05, 0.1) is 21.6 Å². The average Bonchev–Trinajstić information content (AvgIpc) is 2.87. The van der Waals surface area contributed by atoms with Crippen molar-refractivity contribution >= 4 is 33.1 Å². The first-order valence-electron chi connectivity index (χ1n) is 7.39. The molecule has 3 rings (SSSR count). The number of aryl methyl sites for hydroxylation is 2. The molecule has 0 unspecified atom stereocenters. The highest BCUT2D eigenvalue weighted by Crippen LogP contribution is 2.24. The van der Waals surface area contributed by atoms with Crippen LogP contribution in [0.5, 0.6) is 0 Å². The van der Waals surface area contributed by atoms with E-state index in [1.165, 1.54) is 5.56 Å². The second kappa shape index (κ2) is 6.28. The largest absolute Gasteiger partial charge is 0.326 e. The lowest BCUT2D eigenvalue weighted by atomic mass is 10.1. The number of anilines is 1. The van der Waals surface area contributed by atoms with Crippen molar-refractivity contribution in [3.8, 4) is 0 Å². The number of hydrogen-bond acceptors (Lipinski definition) is 3. The highest BCUT2D eigenvalue weighted by atomic mass is 32.1. The van der Waals surface area contributed by atoms with Crippen LogP contribution in [0, 0.1) is 6.92 Å². The number of fused-ring (bicyclic) bond motifs is 1. The molecule has 0 aliphatic heterocycles. The molecule has 3 nitrogen and oxygen atoms in total. The van der Waals surface area contributed by atoms with Crippen LogP contribution in [0.4, 0.5) is 5.69 Å². The van der Waals surface area contributed by atoms with E-state index in [1.54, 1.807) is 11.3 Å². The van der Waals surface area contributed by atoms with Gasteiger partial charge in [0.1, 0.15) is 0 Å². The fraction of sp³-hybridized carbons (Fsp3) is 0.222. The Hall–Kier alpha value is -2.20. The number of hydrogen-bond donors (Lipinski definition) is 1. The van der Waals surface area contributed by atoms with Gasteiger partial charge in [0.15, 0.2) is 0 Å². The van der Waals surface area contributed by atoms with Crippen LogP contribution in [0.2, 0.25) is 0 Å². The van der Waals surface area contributed by atoms with E-state index in [-0.39, 0.29) is 5.91 Å². The maximum atomic E-state index is 12.1. The fourth-order valence-electron chi connectivity index (χ4n) is 2.40. The average molecular weight is 310 g/mol. The van der Waals surface area contributed by atoms with Crippen molar-refractivity contribution in [2.24, 2.45) is 0 Å². The molecule has 0 aliphatic carbocycles. The molecule has 0 radical (unpaired) electrons. The lowest BCUT2D eigenvalue weighted by Crippen LogP contribution is -2.14. The molecular formula is C18H18N2OS. The molecule has 4 heteroatoms. The van der Waals surface area contributed by atoms with E-state index in [1.807, 2.05) is 37.3 Å². The van der Waals surface area contributed by atoms with Crippen LogP contribution in [0.1, 0.15) is 23.1 Å². The van der Waals surface area contributed by atoms with Gasteiger partial charge >= 0.3 is 0 Å². The molecule has 1 heterocycles. The number of carbonyl (C=O) groups excluding carboxylic acids is 1. The summed E-state index contributed by atoms with van der Waals surface area (Å²) < 4.78 is 1.14. The summed E-state index contributed by atoms with van der Waals surface area (Å²) in [5.41, 5.74) is 4.05. The Kier molecular flexibility index (Phi) is 4.20. The predicted octanol–water partition coefficient (Wildman–Crippen LogP) is 4.35. The second-order valence-electron chi connectivity index (χ2n) is 5.31. The monoisotopic (exact) mass is 310 g/mol. The molecule has 3 aromatic rings. The van der Waals surface area contributed by atoms with Crippen molar-refractivity contribution in [3.63, 3.8) is 0 Å². The summed E-state index contributed by atoms with van der Waals surface area (Å²) in [6, 6.07) is 14.1. The lowest BCUT2D eigenvalue weighted by molar-refractivity contribution is -0.115. The van der Waals surface area contributed by atoms with Gasteiger partial charge in [0, 0.05) is 5.69 Å². The topological polar surface area (TPSA) is 42.0 Å². The summed E-state index contributed by atoms with van der Waals surface area (Å²) in [7, 11) is 0. The van der Waals surface area contributed by atoms with Gasteiger partial charge in [-0.3, -0.25) is 4.79 Å². The Morgan fingerprint density at radius 2 is 1.86 bits per heavy atom. The third kappa shape index (κ3) is 3.34. The molecule has 0 atom stereocenters. The number of aromatic nitrogens is 1. The van der Waals surface area contributed by atoms with Crippen molar-refractivity contribution in [2.75, 3.05) is 5.32 Å². The van der Waals surface area contributed by atoms with Gasteiger partial charge in [-0.2, -0.15) is 0 Å². The summed E-state index contributed by atoms with van der Waals surface area (Å²) in [6.45, 7) is 4.11. The Morgan fingerprint density at radius 3 is 2.59 bits per heavy atom. The molecule has 0 spiro atoms. The van der Waals surface area contributed by atoms with Gasteiger partial charge in [-0.05, 0) is 42.7 Å². The summed E-state index contributed by atoms with van der Waals surface area (Å²) in [5, 5.41) is 3.98. The number of thiazole rings is 1. The van der Waals surface area contributed by atoms with Gasteiger partial charge in [-0.25, -0.2) is 4.98 Å². The van der Waals surface area contributed by atoms with Crippen molar-refractivity contribution in [1.82, 2.24) is 4.98 Å². The molecule has 1 amide bonds. The molecule has 1 N–H and O–H groups in total. The van der Waals surface area contributed by atoms with Crippen molar-refractivity contribution in [3.05, 3.63) is 58.6 Å². The zero-order chi connectivity index (χ0) is 15.5. The fourth-order valence-corrected chi connectivity index (χ4v) is 3.21. The molecule has 1 aromatic heterocycles. The van der Waals surface area contributed by atoms with E-state index in [2.05, 4.69) is 29.4 Å². The molecule has 0 saturated carbocycles. The molecule has 0 aliphatic rings. The molecule has 0 bridgehead atoms. The minimum Gasteiger partial charge on any atom is -0.326 e. The van der Waals surface area contributed by atoms with Crippen LogP contribution in [0.3, 0.4) is 0 Å². The molecule has 22 heavy (non-hydrogen) atoms. The van der Waals surface area contributed by atoms with Gasteiger partial charge in [-0.1, -0.05) is 31.2 Å². The van der Waals surface area contributed by atoms with Crippen LogP contribution < -0.4 is 5.32 Å². The quantitative estimate of drug-likeness (QED) is 0.778. The van der Waals surface area contributed by atoms with Gasteiger partial charge < -0.3 is 5.32 Å². The Balaban J connectivity index is 1.69. The first-order valence-corrected chi connectivity index (χ1v) is 8.20.